The number of aryl methyl sites for hydroxylation is 1. The molecule has 4 N–H and O–H groups in total. The Morgan fingerprint density at radius 3 is 2.82 bits per heavy atom. The number of nitrogens with two attached hydrogens (primary N) is 1. The number of carbonyl (C=O) groups excluding carboxylic acids is 2. The maximum Gasteiger partial charge on any atom is 0.298 e. The topological polar surface area (TPSA) is 169 Å². The van der Waals surface area contributed by atoms with E-state index in [4.69, 9.17) is 10.2 Å². The van der Waals surface area contributed by atoms with Gasteiger partial charge in [0.1, 0.15) is 5.52 Å². The van der Waals surface area contributed by atoms with Gasteiger partial charge in [-0.3, -0.25) is 14.3 Å². The molecule has 4 aromatic rings. The molecule has 0 bridgehead atoms. The molecule has 5 heterocycles. The van der Waals surface area contributed by atoms with Gasteiger partial charge in [0.05, 0.1) is 36.4 Å². The quantitative estimate of drug-likeness (QED) is 0.326. The van der Waals surface area contributed by atoms with Crippen LogP contribution in [0.5, 0.6) is 0 Å². The van der Waals surface area contributed by atoms with Gasteiger partial charge in [-0.15, -0.1) is 0 Å². The summed E-state index contributed by atoms with van der Waals surface area (Å²) in [5.41, 5.74) is 8.64. The number of primary amides is 1. The van der Waals surface area contributed by atoms with Gasteiger partial charge in [0, 0.05) is 44.4 Å². The van der Waals surface area contributed by atoms with Crippen molar-refractivity contribution in [1.82, 2.24) is 29.6 Å². The average Bonchev–Trinajstić information content (AvgIpc) is 3.62. The van der Waals surface area contributed by atoms with Crippen LogP contribution in [0.1, 0.15) is 45.3 Å². The minimum Gasteiger partial charge on any atom is -0.423 e. The van der Waals surface area contributed by atoms with E-state index in [1.165, 1.54) is 0 Å². The highest BCUT2D eigenvalue weighted by Crippen LogP contribution is 2.33. The Morgan fingerprint density at radius 1 is 1.24 bits per heavy atom. The molecule has 0 radical (unpaired) electrons. The summed E-state index contributed by atoms with van der Waals surface area (Å²) in [6.45, 7) is 1.76. The van der Waals surface area contributed by atoms with Crippen molar-refractivity contribution in [3.05, 3.63) is 53.7 Å². The molecule has 196 valence electrons. The summed E-state index contributed by atoms with van der Waals surface area (Å²) in [5.74, 6) is -0.499. The maximum absolute atomic E-state index is 13.0. The predicted octanol–water partition coefficient (Wildman–Crippen LogP) is 1.39. The third kappa shape index (κ3) is 4.30. The standard InChI is InChI=1S/C25H27N9O4/c1-32-12-16(8-28-32)29-23-21(22(26)36)30-19(9-27-23)15-10-33(11-15)25-31-18-5-4-14(7-20(18)38-25)24(37)34-6-2-3-17(34)13-35/h4-5,7-9,12,15,17,35H,2-3,6,10-11,13H2,1H3,(H2,26,36)(H,27,29)/t17-/m1/s1. The lowest BCUT2D eigenvalue weighted by molar-refractivity contribution is 0.0677. The number of hydrogen-bond donors (Lipinski definition) is 3. The van der Waals surface area contributed by atoms with Crippen molar-refractivity contribution in [2.45, 2.75) is 24.8 Å². The van der Waals surface area contributed by atoms with Gasteiger partial charge in [0.25, 0.3) is 17.8 Å². The van der Waals surface area contributed by atoms with Crippen molar-refractivity contribution in [2.75, 3.05) is 36.5 Å². The smallest absolute Gasteiger partial charge is 0.298 e. The van der Waals surface area contributed by atoms with Crippen LogP contribution in [0.25, 0.3) is 11.1 Å². The highest BCUT2D eigenvalue weighted by Gasteiger charge is 2.34. The second kappa shape index (κ2) is 9.41. The number of benzene rings is 1. The molecule has 2 aliphatic rings. The van der Waals surface area contributed by atoms with Crippen molar-refractivity contribution in [1.29, 1.82) is 0 Å². The first-order valence-corrected chi connectivity index (χ1v) is 12.4. The molecular formula is C25H27N9O4. The van der Waals surface area contributed by atoms with Crippen LogP contribution in [0.15, 0.2) is 41.2 Å². The average molecular weight is 518 g/mol. The molecule has 0 aliphatic carbocycles. The van der Waals surface area contributed by atoms with E-state index in [1.54, 1.807) is 53.4 Å². The highest BCUT2D eigenvalue weighted by atomic mass is 16.4. The molecule has 38 heavy (non-hydrogen) atoms. The van der Waals surface area contributed by atoms with Gasteiger partial charge in [0.15, 0.2) is 17.1 Å². The number of oxazole rings is 1. The molecule has 0 saturated carbocycles. The first kappa shape index (κ1) is 23.9. The van der Waals surface area contributed by atoms with E-state index in [2.05, 4.69) is 25.4 Å². The van der Waals surface area contributed by atoms with E-state index in [0.717, 1.165) is 12.8 Å². The Kier molecular flexibility index (Phi) is 5.91. The van der Waals surface area contributed by atoms with Crippen molar-refractivity contribution in [3.8, 4) is 0 Å². The Morgan fingerprint density at radius 2 is 2.08 bits per heavy atom. The van der Waals surface area contributed by atoms with E-state index in [-0.39, 0.29) is 36.0 Å². The number of aromatic nitrogens is 5. The molecule has 3 aromatic heterocycles. The van der Waals surface area contributed by atoms with Crippen molar-refractivity contribution >= 4 is 40.4 Å². The first-order chi connectivity index (χ1) is 18.4. The van der Waals surface area contributed by atoms with E-state index < -0.39 is 5.91 Å². The number of rotatable bonds is 7. The fraction of sp³-hybridized carbons (Fsp3) is 0.360. The number of fused-ring (bicyclic) bond motifs is 1. The van der Waals surface area contributed by atoms with Crippen LogP contribution in [0.2, 0.25) is 0 Å². The molecule has 13 heteroatoms. The van der Waals surface area contributed by atoms with Gasteiger partial charge < -0.3 is 30.4 Å². The third-order valence-electron chi connectivity index (χ3n) is 7.04. The number of nitrogens with zero attached hydrogens (tertiary/aromatic N) is 7. The van der Waals surface area contributed by atoms with Gasteiger partial charge in [-0.2, -0.15) is 10.1 Å². The molecule has 6 rings (SSSR count). The Hall–Kier alpha value is -4.52. The number of aliphatic hydroxyl groups is 1. The van der Waals surface area contributed by atoms with Crippen LogP contribution in [0.3, 0.4) is 0 Å². The molecule has 2 amide bonds. The van der Waals surface area contributed by atoms with E-state index in [9.17, 15) is 14.7 Å². The zero-order chi connectivity index (χ0) is 26.4. The molecular weight excluding hydrogens is 490 g/mol. The number of aliphatic hydroxyl groups excluding tert-OH is 1. The predicted molar refractivity (Wildman–Crippen MR) is 137 cm³/mol. The van der Waals surface area contributed by atoms with Gasteiger partial charge in [-0.05, 0) is 31.0 Å². The summed E-state index contributed by atoms with van der Waals surface area (Å²) in [5, 5.41) is 16.7. The van der Waals surface area contributed by atoms with Crippen LogP contribution < -0.4 is 16.0 Å². The second-order valence-corrected chi connectivity index (χ2v) is 9.64. The molecule has 0 spiro atoms. The zero-order valence-electron chi connectivity index (χ0n) is 20.7. The molecule has 2 saturated heterocycles. The number of likely N-dealkylation sites (tertiary alicyclic amines) is 1. The number of hydrogen-bond acceptors (Lipinski definition) is 10. The summed E-state index contributed by atoms with van der Waals surface area (Å²) >= 11 is 0. The second-order valence-electron chi connectivity index (χ2n) is 9.64. The molecule has 0 unspecified atom stereocenters. The number of anilines is 3. The zero-order valence-corrected chi connectivity index (χ0v) is 20.7. The van der Waals surface area contributed by atoms with Crippen LogP contribution in [-0.4, -0.2) is 78.8 Å². The van der Waals surface area contributed by atoms with Crippen LogP contribution in [-0.2, 0) is 7.05 Å². The Bertz CT molecular complexity index is 1520. The summed E-state index contributed by atoms with van der Waals surface area (Å²) in [4.78, 5) is 42.1. The maximum atomic E-state index is 13.0. The molecule has 2 fully saturated rings. The van der Waals surface area contributed by atoms with Gasteiger partial charge in [-0.25, -0.2) is 9.97 Å². The van der Waals surface area contributed by atoms with Crippen LogP contribution in [0.4, 0.5) is 17.5 Å². The van der Waals surface area contributed by atoms with E-state index in [0.29, 0.717) is 53.7 Å². The molecule has 1 atom stereocenters. The fourth-order valence-electron chi connectivity index (χ4n) is 4.95. The van der Waals surface area contributed by atoms with Gasteiger partial charge in [0.2, 0.25) is 0 Å². The SMILES string of the molecule is Cn1cc(Nc2ncc(C3CN(c4nc5ccc(C(=O)N6CCC[C@@H]6CO)cc5o4)C3)nc2C(N)=O)cn1. The minimum absolute atomic E-state index is 0.0192. The largest absolute Gasteiger partial charge is 0.423 e. The van der Waals surface area contributed by atoms with Crippen LogP contribution in [0, 0.1) is 0 Å². The number of nitrogens with one attached hydrogen (secondary N) is 1. The lowest BCUT2D eigenvalue weighted by Gasteiger charge is -2.37. The summed E-state index contributed by atoms with van der Waals surface area (Å²) < 4.78 is 7.61. The van der Waals surface area contributed by atoms with E-state index >= 15 is 0 Å². The lowest BCUT2D eigenvalue weighted by atomic mass is 9.97. The third-order valence-corrected chi connectivity index (χ3v) is 7.04. The van der Waals surface area contributed by atoms with Gasteiger partial charge in [-0.1, -0.05) is 0 Å². The van der Waals surface area contributed by atoms with Crippen molar-refractivity contribution in [2.24, 2.45) is 12.8 Å². The normalized spacial score (nSPS) is 17.7. The van der Waals surface area contributed by atoms with Crippen LogP contribution >= 0.6 is 0 Å². The monoisotopic (exact) mass is 517 g/mol. The van der Waals surface area contributed by atoms with Crippen molar-refractivity contribution < 1.29 is 19.1 Å². The summed E-state index contributed by atoms with van der Waals surface area (Å²) in [6.07, 6.45) is 6.69. The van der Waals surface area contributed by atoms with Crippen molar-refractivity contribution in [3.63, 3.8) is 0 Å². The highest BCUT2D eigenvalue weighted by molar-refractivity contribution is 5.97. The lowest BCUT2D eigenvalue weighted by Crippen LogP contribution is -2.45. The van der Waals surface area contributed by atoms with Gasteiger partial charge >= 0.3 is 0 Å². The molecule has 1 aromatic carbocycles. The summed E-state index contributed by atoms with van der Waals surface area (Å²) in [6, 6.07) is 5.53. The van der Waals surface area contributed by atoms with E-state index in [1.807, 2.05) is 4.90 Å². The Labute approximate surface area is 217 Å². The Balaban J connectivity index is 1.15. The number of carbonyl (C=O) groups is 2. The number of amides is 2. The summed E-state index contributed by atoms with van der Waals surface area (Å²) in [7, 11) is 1.79. The molecule has 13 nitrogen and oxygen atoms in total. The molecule has 2 aliphatic heterocycles. The fourth-order valence-corrected chi connectivity index (χ4v) is 4.95. The first-order valence-electron chi connectivity index (χ1n) is 12.4. The minimum atomic E-state index is -0.675.